The van der Waals surface area contributed by atoms with E-state index in [9.17, 15) is 14.9 Å². The zero-order valence-electron chi connectivity index (χ0n) is 14.7. The number of hydrogen-bond donors (Lipinski definition) is 0. The van der Waals surface area contributed by atoms with Gasteiger partial charge in [-0.1, -0.05) is 12.1 Å². The fourth-order valence-corrected chi connectivity index (χ4v) is 2.96. The van der Waals surface area contributed by atoms with Gasteiger partial charge in [-0.15, -0.1) is 0 Å². The third-order valence-corrected chi connectivity index (χ3v) is 4.32. The Kier molecular flexibility index (Phi) is 4.52. The number of nitrogens with zero attached hydrogens (tertiary/aromatic N) is 3. The largest absolute Gasteiger partial charge is 0.455 e. The van der Waals surface area contributed by atoms with Crippen molar-refractivity contribution in [2.24, 2.45) is 0 Å². The summed E-state index contributed by atoms with van der Waals surface area (Å²) in [6.45, 7) is 0.175. The van der Waals surface area contributed by atoms with E-state index in [1.54, 1.807) is 30.6 Å². The molecule has 0 aliphatic heterocycles. The van der Waals surface area contributed by atoms with Crippen LogP contribution >= 0.6 is 0 Å². The van der Waals surface area contributed by atoms with Crippen LogP contribution < -0.4 is 5.56 Å². The number of pyridine rings is 2. The van der Waals surface area contributed by atoms with Crippen molar-refractivity contribution >= 4 is 11.5 Å². The maximum atomic E-state index is 12.3. The predicted octanol–water partition coefficient (Wildman–Crippen LogP) is 2.97. The van der Waals surface area contributed by atoms with Crippen LogP contribution in [0.2, 0.25) is 0 Å². The Morgan fingerprint density at radius 3 is 2.75 bits per heavy atom. The van der Waals surface area contributed by atoms with Crippen molar-refractivity contribution in [3.8, 4) is 6.07 Å². The quantitative estimate of drug-likeness (QED) is 0.502. The molecule has 4 aromatic heterocycles. The number of rotatable bonds is 5. The fraction of sp³-hybridized carbons (Fsp3) is 0.0952. The zero-order chi connectivity index (χ0) is 19.5. The Balaban J connectivity index is 1.47. The lowest BCUT2D eigenvalue weighted by molar-refractivity contribution is 0.0434. The first-order valence-corrected chi connectivity index (χ1v) is 8.55. The molecular formula is C21H15N3O4. The molecule has 0 aromatic carbocycles. The van der Waals surface area contributed by atoms with E-state index in [0.717, 1.165) is 5.52 Å². The number of esters is 1. The van der Waals surface area contributed by atoms with Crippen molar-refractivity contribution in [2.45, 2.75) is 13.2 Å². The molecule has 4 heterocycles. The molecule has 7 heteroatoms. The molecule has 0 atom stereocenters. The van der Waals surface area contributed by atoms with E-state index in [-0.39, 0.29) is 24.5 Å². The highest BCUT2D eigenvalue weighted by molar-refractivity contribution is 5.86. The fourth-order valence-electron chi connectivity index (χ4n) is 2.96. The molecule has 28 heavy (non-hydrogen) atoms. The normalized spacial score (nSPS) is 10.7. The lowest BCUT2D eigenvalue weighted by atomic mass is 10.2. The van der Waals surface area contributed by atoms with Crippen molar-refractivity contribution < 1.29 is 13.9 Å². The minimum absolute atomic E-state index is 0.0428. The molecule has 0 saturated heterocycles. The first kappa shape index (κ1) is 17.4. The Labute approximate surface area is 159 Å². The summed E-state index contributed by atoms with van der Waals surface area (Å²) in [6, 6.07) is 15.7. The van der Waals surface area contributed by atoms with E-state index < -0.39 is 5.97 Å². The molecule has 0 bridgehead atoms. The van der Waals surface area contributed by atoms with E-state index >= 15 is 0 Å². The second kappa shape index (κ2) is 7.29. The van der Waals surface area contributed by atoms with Crippen LogP contribution in [0, 0.1) is 11.3 Å². The van der Waals surface area contributed by atoms with Crippen molar-refractivity contribution in [3.05, 3.63) is 100 Å². The summed E-state index contributed by atoms with van der Waals surface area (Å²) in [5.74, 6) is -0.125. The van der Waals surface area contributed by atoms with Gasteiger partial charge in [0, 0.05) is 30.2 Å². The van der Waals surface area contributed by atoms with Crippen LogP contribution in [0.5, 0.6) is 0 Å². The highest BCUT2D eigenvalue weighted by atomic mass is 16.5. The summed E-state index contributed by atoms with van der Waals surface area (Å²) in [4.78, 5) is 24.1. The molecule has 4 aromatic rings. The van der Waals surface area contributed by atoms with Gasteiger partial charge in [0.05, 0.1) is 17.6 Å². The molecule has 0 radical (unpaired) electrons. The molecule has 0 aliphatic rings. The van der Waals surface area contributed by atoms with Gasteiger partial charge >= 0.3 is 5.97 Å². The van der Waals surface area contributed by atoms with Gasteiger partial charge in [-0.3, -0.25) is 4.79 Å². The molecule has 0 spiro atoms. The average molecular weight is 373 g/mol. The second-order valence-corrected chi connectivity index (χ2v) is 6.14. The lowest BCUT2D eigenvalue weighted by Gasteiger charge is -2.03. The van der Waals surface area contributed by atoms with E-state index in [0.29, 0.717) is 16.9 Å². The monoisotopic (exact) mass is 373 g/mol. The first-order valence-electron chi connectivity index (χ1n) is 8.55. The lowest BCUT2D eigenvalue weighted by Crippen LogP contribution is -2.17. The van der Waals surface area contributed by atoms with Crippen LogP contribution in [0.3, 0.4) is 0 Å². The van der Waals surface area contributed by atoms with Gasteiger partial charge in [0.2, 0.25) is 5.76 Å². The Morgan fingerprint density at radius 1 is 1.11 bits per heavy atom. The van der Waals surface area contributed by atoms with Crippen molar-refractivity contribution in [2.75, 3.05) is 0 Å². The molecule has 0 N–H and O–H groups in total. The van der Waals surface area contributed by atoms with Crippen LogP contribution in [-0.4, -0.2) is 14.9 Å². The van der Waals surface area contributed by atoms with Crippen LogP contribution in [-0.2, 0) is 17.9 Å². The van der Waals surface area contributed by atoms with Crippen molar-refractivity contribution in [1.29, 1.82) is 5.26 Å². The molecule has 0 unspecified atom stereocenters. The third kappa shape index (κ3) is 3.31. The molecule has 4 rings (SSSR count). The smallest absolute Gasteiger partial charge is 0.374 e. The van der Waals surface area contributed by atoms with Gasteiger partial charge in [-0.25, -0.2) is 4.79 Å². The van der Waals surface area contributed by atoms with Crippen LogP contribution in [0.1, 0.15) is 27.4 Å². The minimum Gasteiger partial charge on any atom is -0.455 e. The Bertz CT molecular complexity index is 1260. The first-order chi connectivity index (χ1) is 13.7. The zero-order valence-corrected chi connectivity index (χ0v) is 14.7. The number of carbonyl (C=O) groups excluding carboxylic acids is 1. The standard InChI is InChI=1S/C21H15N3O4/c22-11-17-15(12-23-9-3-1-5-18(17)23)14-27-21(26)19-8-7-16(28-19)13-24-10-4-2-6-20(24)25/h1-10,12H,13-14H2. The molecular weight excluding hydrogens is 358 g/mol. The van der Waals surface area contributed by atoms with Gasteiger partial charge in [0.25, 0.3) is 5.56 Å². The van der Waals surface area contributed by atoms with Crippen LogP contribution in [0.25, 0.3) is 5.52 Å². The summed E-state index contributed by atoms with van der Waals surface area (Å²) in [6.07, 6.45) is 5.23. The number of ether oxygens (including phenoxy) is 1. The number of furan rings is 1. The topological polar surface area (TPSA) is 89.6 Å². The summed E-state index contributed by atoms with van der Waals surface area (Å²) in [7, 11) is 0. The maximum absolute atomic E-state index is 12.3. The maximum Gasteiger partial charge on any atom is 0.374 e. The van der Waals surface area contributed by atoms with Gasteiger partial charge < -0.3 is 18.1 Å². The van der Waals surface area contributed by atoms with Crippen molar-refractivity contribution in [1.82, 2.24) is 8.97 Å². The van der Waals surface area contributed by atoms with Gasteiger partial charge in [-0.05, 0) is 30.3 Å². The highest BCUT2D eigenvalue weighted by Crippen LogP contribution is 2.19. The summed E-state index contributed by atoms with van der Waals surface area (Å²) in [5.41, 5.74) is 1.68. The SMILES string of the molecule is N#Cc1c(COC(=O)c2ccc(Cn3ccccc3=O)o2)cn2ccccc12. The van der Waals surface area contributed by atoms with Gasteiger partial charge in [0.15, 0.2) is 0 Å². The molecule has 0 amide bonds. The minimum atomic E-state index is -0.634. The Morgan fingerprint density at radius 2 is 1.93 bits per heavy atom. The molecule has 138 valence electrons. The molecule has 0 fully saturated rings. The Hall–Kier alpha value is -4.05. The molecule has 7 nitrogen and oxygen atoms in total. The average Bonchev–Trinajstić information content (AvgIpc) is 3.32. The van der Waals surface area contributed by atoms with Crippen LogP contribution in [0.4, 0.5) is 0 Å². The van der Waals surface area contributed by atoms with Gasteiger partial charge in [0.1, 0.15) is 18.4 Å². The summed E-state index contributed by atoms with van der Waals surface area (Å²) < 4.78 is 14.1. The summed E-state index contributed by atoms with van der Waals surface area (Å²) in [5, 5.41) is 9.40. The predicted molar refractivity (Wildman–Crippen MR) is 99.7 cm³/mol. The molecule has 0 aliphatic carbocycles. The van der Waals surface area contributed by atoms with E-state index in [1.165, 1.54) is 16.7 Å². The number of carbonyl (C=O) groups is 1. The number of aromatic nitrogens is 2. The highest BCUT2D eigenvalue weighted by Gasteiger charge is 2.16. The van der Waals surface area contributed by atoms with Gasteiger partial charge in [-0.2, -0.15) is 5.26 Å². The van der Waals surface area contributed by atoms with Crippen LogP contribution in [0.15, 0.2) is 76.3 Å². The van der Waals surface area contributed by atoms with Crippen molar-refractivity contribution in [3.63, 3.8) is 0 Å². The number of nitriles is 1. The second-order valence-electron chi connectivity index (χ2n) is 6.14. The van der Waals surface area contributed by atoms with E-state index in [4.69, 9.17) is 9.15 Å². The van der Waals surface area contributed by atoms with E-state index in [1.807, 2.05) is 28.8 Å². The number of hydrogen-bond acceptors (Lipinski definition) is 5. The number of fused-ring (bicyclic) bond motifs is 1. The summed E-state index contributed by atoms with van der Waals surface area (Å²) >= 11 is 0. The van der Waals surface area contributed by atoms with E-state index in [2.05, 4.69) is 6.07 Å². The third-order valence-electron chi connectivity index (χ3n) is 4.32. The molecule has 0 saturated carbocycles.